The predicted molar refractivity (Wildman–Crippen MR) is 69.4 cm³/mol. The SMILES string of the molecule is Cn1cccc1CCOC(=O)CN1CCNCC1. The van der Waals surface area contributed by atoms with Crippen molar-refractivity contribution in [3.05, 3.63) is 24.0 Å². The van der Waals surface area contributed by atoms with Crippen LogP contribution in [0.15, 0.2) is 18.3 Å². The standard InChI is InChI=1S/C13H21N3O2/c1-15-7-2-3-12(15)4-10-18-13(17)11-16-8-5-14-6-9-16/h2-3,7,14H,4-6,8-11H2,1H3. The highest BCUT2D eigenvalue weighted by molar-refractivity contribution is 5.71. The van der Waals surface area contributed by atoms with Crippen LogP contribution in [-0.4, -0.2) is 54.8 Å². The molecule has 0 unspecified atom stereocenters. The molecule has 5 heteroatoms. The van der Waals surface area contributed by atoms with E-state index in [2.05, 4.69) is 10.2 Å². The van der Waals surface area contributed by atoms with Crippen molar-refractivity contribution >= 4 is 5.97 Å². The van der Waals surface area contributed by atoms with Crippen LogP contribution in [0.5, 0.6) is 0 Å². The largest absolute Gasteiger partial charge is 0.464 e. The Morgan fingerprint density at radius 2 is 2.22 bits per heavy atom. The second kappa shape index (κ2) is 6.56. The summed E-state index contributed by atoms with van der Waals surface area (Å²) in [5.74, 6) is -0.119. The van der Waals surface area contributed by atoms with E-state index in [0.717, 1.165) is 32.6 Å². The fourth-order valence-electron chi connectivity index (χ4n) is 2.12. The molecule has 0 radical (unpaired) electrons. The van der Waals surface area contributed by atoms with Crippen LogP contribution < -0.4 is 5.32 Å². The molecule has 0 amide bonds. The Morgan fingerprint density at radius 3 is 2.89 bits per heavy atom. The number of hydrogen-bond acceptors (Lipinski definition) is 4. The summed E-state index contributed by atoms with van der Waals surface area (Å²) in [5.41, 5.74) is 1.19. The quantitative estimate of drug-likeness (QED) is 0.749. The number of nitrogens with zero attached hydrogens (tertiary/aromatic N) is 2. The van der Waals surface area contributed by atoms with Gasteiger partial charge in [0.05, 0.1) is 13.2 Å². The molecule has 1 aliphatic rings. The molecule has 0 saturated carbocycles. The summed E-state index contributed by atoms with van der Waals surface area (Å²) in [6.07, 6.45) is 2.77. The Hall–Kier alpha value is -1.33. The molecule has 1 aromatic heterocycles. The van der Waals surface area contributed by atoms with Crippen LogP contribution >= 0.6 is 0 Å². The average Bonchev–Trinajstić information content (AvgIpc) is 2.76. The van der Waals surface area contributed by atoms with Crippen molar-refractivity contribution in [3.8, 4) is 0 Å². The molecule has 2 heterocycles. The van der Waals surface area contributed by atoms with Gasteiger partial charge in [0.25, 0.3) is 0 Å². The van der Waals surface area contributed by atoms with E-state index in [0.29, 0.717) is 13.2 Å². The van der Waals surface area contributed by atoms with Crippen LogP contribution in [0.3, 0.4) is 0 Å². The van der Waals surface area contributed by atoms with Crippen LogP contribution in [0.25, 0.3) is 0 Å². The van der Waals surface area contributed by atoms with Gasteiger partial charge in [-0.15, -0.1) is 0 Å². The molecule has 0 aliphatic carbocycles. The lowest BCUT2D eigenvalue weighted by atomic mass is 10.3. The molecule has 1 fully saturated rings. The molecule has 2 rings (SSSR count). The number of carbonyl (C=O) groups is 1. The number of hydrogen-bond donors (Lipinski definition) is 1. The zero-order chi connectivity index (χ0) is 12.8. The minimum atomic E-state index is -0.119. The van der Waals surface area contributed by atoms with Gasteiger partial charge in [0.15, 0.2) is 0 Å². The van der Waals surface area contributed by atoms with Crippen LogP contribution in [0.4, 0.5) is 0 Å². The fraction of sp³-hybridized carbons (Fsp3) is 0.615. The van der Waals surface area contributed by atoms with Gasteiger partial charge in [-0.2, -0.15) is 0 Å². The normalized spacial score (nSPS) is 16.7. The van der Waals surface area contributed by atoms with E-state index in [1.54, 1.807) is 0 Å². The van der Waals surface area contributed by atoms with E-state index in [-0.39, 0.29) is 5.97 Å². The number of aromatic nitrogens is 1. The molecule has 0 bridgehead atoms. The van der Waals surface area contributed by atoms with Crippen molar-refractivity contribution < 1.29 is 9.53 Å². The first kappa shape index (κ1) is 13.1. The van der Waals surface area contributed by atoms with Gasteiger partial charge in [0.2, 0.25) is 0 Å². The highest BCUT2D eigenvalue weighted by Gasteiger charge is 2.14. The minimum Gasteiger partial charge on any atom is -0.464 e. The third-order valence-electron chi connectivity index (χ3n) is 3.23. The van der Waals surface area contributed by atoms with Crippen molar-refractivity contribution in [2.45, 2.75) is 6.42 Å². The average molecular weight is 251 g/mol. The van der Waals surface area contributed by atoms with Gasteiger partial charge in [-0.1, -0.05) is 0 Å². The number of carbonyl (C=O) groups excluding carboxylic acids is 1. The Balaban J connectivity index is 1.64. The third-order valence-corrected chi connectivity index (χ3v) is 3.23. The molecule has 1 aliphatic heterocycles. The van der Waals surface area contributed by atoms with E-state index in [4.69, 9.17) is 4.74 Å². The first-order valence-corrected chi connectivity index (χ1v) is 6.44. The van der Waals surface area contributed by atoms with Crippen LogP contribution in [0, 0.1) is 0 Å². The summed E-state index contributed by atoms with van der Waals surface area (Å²) in [4.78, 5) is 13.8. The first-order chi connectivity index (χ1) is 8.75. The van der Waals surface area contributed by atoms with Gasteiger partial charge in [0, 0.05) is 51.5 Å². The number of nitrogens with one attached hydrogen (secondary N) is 1. The van der Waals surface area contributed by atoms with Gasteiger partial charge in [-0.05, 0) is 12.1 Å². The second-order valence-corrected chi connectivity index (χ2v) is 4.61. The molecule has 100 valence electrons. The highest BCUT2D eigenvalue weighted by Crippen LogP contribution is 2.01. The molecule has 5 nitrogen and oxygen atoms in total. The molecular formula is C13H21N3O2. The van der Waals surface area contributed by atoms with Crippen molar-refractivity contribution in [2.24, 2.45) is 7.05 Å². The van der Waals surface area contributed by atoms with Gasteiger partial charge in [0.1, 0.15) is 0 Å². The second-order valence-electron chi connectivity index (χ2n) is 4.61. The monoisotopic (exact) mass is 251 g/mol. The van der Waals surface area contributed by atoms with Crippen molar-refractivity contribution in [1.29, 1.82) is 0 Å². The van der Waals surface area contributed by atoms with E-state index in [1.807, 2.05) is 29.9 Å². The molecule has 0 atom stereocenters. The maximum absolute atomic E-state index is 11.6. The Kier molecular flexibility index (Phi) is 4.78. The summed E-state index contributed by atoms with van der Waals surface area (Å²) in [7, 11) is 2.00. The Labute approximate surface area is 108 Å². The topological polar surface area (TPSA) is 46.5 Å². The molecule has 1 saturated heterocycles. The fourth-order valence-corrected chi connectivity index (χ4v) is 2.12. The van der Waals surface area contributed by atoms with Crippen LogP contribution in [0.2, 0.25) is 0 Å². The molecule has 1 N–H and O–H groups in total. The van der Waals surface area contributed by atoms with E-state index in [1.165, 1.54) is 5.69 Å². The summed E-state index contributed by atoms with van der Waals surface area (Å²) in [6.45, 7) is 4.63. The zero-order valence-electron chi connectivity index (χ0n) is 10.9. The summed E-state index contributed by atoms with van der Waals surface area (Å²) < 4.78 is 7.30. The van der Waals surface area contributed by atoms with Gasteiger partial charge < -0.3 is 14.6 Å². The lowest BCUT2D eigenvalue weighted by Gasteiger charge is -2.25. The smallest absolute Gasteiger partial charge is 0.320 e. The maximum Gasteiger partial charge on any atom is 0.320 e. The van der Waals surface area contributed by atoms with Gasteiger partial charge in [-0.3, -0.25) is 9.69 Å². The number of esters is 1. The van der Waals surface area contributed by atoms with Gasteiger partial charge in [-0.25, -0.2) is 0 Å². The molecule has 18 heavy (non-hydrogen) atoms. The zero-order valence-corrected chi connectivity index (χ0v) is 10.9. The van der Waals surface area contributed by atoms with Crippen LogP contribution in [-0.2, 0) is 23.0 Å². The van der Waals surface area contributed by atoms with Crippen molar-refractivity contribution in [1.82, 2.24) is 14.8 Å². The summed E-state index contributed by atoms with van der Waals surface area (Å²) >= 11 is 0. The summed E-state index contributed by atoms with van der Waals surface area (Å²) in [6, 6.07) is 4.04. The number of rotatable bonds is 5. The molecular weight excluding hydrogens is 230 g/mol. The predicted octanol–water partition coefficient (Wildman–Crippen LogP) is 0.0160. The minimum absolute atomic E-state index is 0.119. The number of aryl methyl sites for hydroxylation is 1. The van der Waals surface area contributed by atoms with E-state index in [9.17, 15) is 4.79 Å². The third kappa shape index (κ3) is 3.85. The van der Waals surface area contributed by atoms with E-state index < -0.39 is 0 Å². The Bertz CT molecular complexity index is 383. The lowest BCUT2D eigenvalue weighted by molar-refractivity contribution is -0.145. The Morgan fingerprint density at radius 1 is 1.44 bits per heavy atom. The van der Waals surface area contributed by atoms with E-state index >= 15 is 0 Å². The lowest BCUT2D eigenvalue weighted by Crippen LogP contribution is -2.45. The molecule has 1 aromatic rings. The molecule has 0 aromatic carbocycles. The number of ether oxygens (including phenoxy) is 1. The van der Waals surface area contributed by atoms with Crippen molar-refractivity contribution in [3.63, 3.8) is 0 Å². The van der Waals surface area contributed by atoms with Crippen LogP contribution in [0.1, 0.15) is 5.69 Å². The highest BCUT2D eigenvalue weighted by atomic mass is 16.5. The summed E-state index contributed by atoms with van der Waals surface area (Å²) in [5, 5.41) is 3.26. The number of piperazine rings is 1. The molecule has 0 spiro atoms. The van der Waals surface area contributed by atoms with Gasteiger partial charge >= 0.3 is 5.97 Å². The van der Waals surface area contributed by atoms with Crippen molar-refractivity contribution in [2.75, 3.05) is 39.3 Å². The first-order valence-electron chi connectivity index (χ1n) is 6.44. The maximum atomic E-state index is 11.6.